The number of anilines is 2. The number of carbonyl (C=O) groups excluding carboxylic acids is 4. The molecule has 3 aromatic carbocycles. The van der Waals surface area contributed by atoms with Crippen molar-refractivity contribution in [3.8, 4) is 23.1 Å². The third kappa shape index (κ3) is 11.9. The first-order valence-corrected chi connectivity index (χ1v) is 22.7. The molecular formula is C49H49F8N7O6S. The van der Waals surface area contributed by atoms with Crippen molar-refractivity contribution in [3.63, 3.8) is 0 Å². The van der Waals surface area contributed by atoms with E-state index in [1.807, 2.05) is 30.3 Å². The second kappa shape index (κ2) is 21.3. The van der Waals surface area contributed by atoms with Crippen LogP contribution in [0.15, 0.2) is 72.9 Å². The Morgan fingerprint density at radius 1 is 0.958 bits per heavy atom. The highest BCUT2D eigenvalue weighted by Gasteiger charge is 2.52. The Hall–Kier alpha value is -6.73. The quantitative estimate of drug-likeness (QED) is 0.0632. The Balaban J connectivity index is 1.03. The van der Waals surface area contributed by atoms with Gasteiger partial charge >= 0.3 is 12.4 Å². The number of alkyl halides is 6. The van der Waals surface area contributed by atoms with Gasteiger partial charge in [0.15, 0.2) is 16.7 Å². The second-order valence-corrected chi connectivity index (χ2v) is 18.7. The van der Waals surface area contributed by atoms with Crippen LogP contribution in [0.5, 0.6) is 5.75 Å². The number of rotatable bonds is 16. The third-order valence-electron chi connectivity index (χ3n) is 11.8. The van der Waals surface area contributed by atoms with E-state index >= 15 is 8.78 Å². The van der Waals surface area contributed by atoms with Gasteiger partial charge in [0.2, 0.25) is 17.7 Å². The predicted molar refractivity (Wildman–Crippen MR) is 247 cm³/mol. The van der Waals surface area contributed by atoms with Crippen molar-refractivity contribution in [2.24, 2.45) is 5.41 Å². The van der Waals surface area contributed by atoms with Crippen molar-refractivity contribution in [3.05, 3.63) is 107 Å². The number of nitriles is 1. The summed E-state index contributed by atoms with van der Waals surface area (Å²) in [5, 5.41) is 14.2. The standard InChI is InChI=1S/C49H49F8N7O6S/c1-46(2,3)41(43(67)62-19-11-14-36(62)42(66)60-25-28-12-7-6-8-13-28)61-37(65)27-69-20-9-10-21-70-31-16-17-32(33(23-31)48(52,53)54)40-34(50)22-30(26-59-40)64-45(71)63(44(68)47(64,4)5)35-18-15-29(24-58)38(39(35)51)49(55,56)57/h6-8,12-13,15-18,22-23,26,36,41H,9-11,14,19-21,25,27H2,1-5H3,(H,60,66)(H,61,65). The van der Waals surface area contributed by atoms with Crippen LogP contribution >= 0.6 is 12.2 Å². The molecule has 0 bridgehead atoms. The lowest BCUT2D eigenvalue weighted by atomic mass is 9.85. The number of pyridine rings is 1. The fourth-order valence-corrected chi connectivity index (χ4v) is 8.75. The molecule has 2 saturated heterocycles. The van der Waals surface area contributed by atoms with E-state index in [0.717, 1.165) is 34.9 Å². The maximum Gasteiger partial charge on any atom is 0.420 e. The second-order valence-electron chi connectivity index (χ2n) is 18.3. The first kappa shape index (κ1) is 53.6. The minimum absolute atomic E-state index is 0.0607. The Bertz CT molecular complexity index is 2720. The Morgan fingerprint density at radius 3 is 2.28 bits per heavy atom. The van der Waals surface area contributed by atoms with Gasteiger partial charge in [0.25, 0.3) is 5.91 Å². The molecule has 22 heteroatoms. The minimum Gasteiger partial charge on any atom is -0.494 e. The average Bonchev–Trinajstić information content (AvgIpc) is 3.86. The highest BCUT2D eigenvalue weighted by molar-refractivity contribution is 7.81. The van der Waals surface area contributed by atoms with E-state index in [9.17, 15) is 45.5 Å². The molecule has 0 aliphatic carbocycles. The van der Waals surface area contributed by atoms with Crippen LogP contribution in [0, 0.1) is 28.4 Å². The van der Waals surface area contributed by atoms with Crippen LogP contribution < -0.4 is 25.2 Å². The topological polar surface area (TPSA) is 157 Å². The summed E-state index contributed by atoms with van der Waals surface area (Å²) in [6, 6.07) is 13.9. The molecule has 0 spiro atoms. The fourth-order valence-electron chi connectivity index (χ4n) is 8.24. The summed E-state index contributed by atoms with van der Waals surface area (Å²) < 4.78 is 127. The van der Waals surface area contributed by atoms with Crippen molar-refractivity contribution in [1.82, 2.24) is 20.5 Å². The molecule has 2 fully saturated rings. The molecule has 3 heterocycles. The van der Waals surface area contributed by atoms with Crippen molar-refractivity contribution in [2.45, 2.75) is 96.8 Å². The average molecular weight is 1020 g/mol. The molecular weight excluding hydrogens is 967 g/mol. The number of thiocarbonyl (C=S) groups is 1. The van der Waals surface area contributed by atoms with Gasteiger partial charge in [0.1, 0.15) is 41.2 Å². The number of likely N-dealkylation sites (tertiary alicyclic amines) is 1. The molecule has 0 radical (unpaired) electrons. The molecule has 2 N–H and O–H groups in total. The summed E-state index contributed by atoms with van der Waals surface area (Å²) in [6.07, 6.45) is -7.76. The molecule has 13 nitrogen and oxygen atoms in total. The number of nitrogens with one attached hydrogen (secondary N) is 2. The number of nitrogens with zero attached hydrogens (tertiary/aromatic N) is 5. The van der Waals surface area contributed by atoms with E-state index in [1.165, 1.54) is 30.9 Å². The highest BCUT2D eigenvalue weighted by Crippen LogP contribution is 2.44. The molecule has 2 unspecified atom stereocenters. The summed E-state index contributed by atoms with van der Waals surface area (Å²) in [4.78, 5) is 60.3. The molecule has 2 atom stereocenters. The van der Waals surface area contributed by atoms with Crippen molar-refractivity contribution in [2.75, 3.05) is 36.2 Å². The molecule has 378 valence electrons. The maximum atomic E-state index is 15.9. The Morgan fingerprint density at radius 2 is 1.65 bits per heavy atom. The number of hydrogen-bond donors (Lipinski definition) is 2. The SMILES string of the molecule is CC(C)(C)C(NC(=O)COCCCCOc1ccc(-c2ncc(N3C(=S)N(c4ccc(C#N)c(C(F)(F)F)c4F)C(=O)C3(C)C)cc2F)c(C(F)(F)F)c1)C(=O)N1CCCC1C(=O)NCc1ccccc1. The van der Waals surface area contributed by atoms with Gasteiger partial charge in [-0.15, -0.1) is 0 Å². The van der Waals surface area contributed by atoms with Crippen LogP contribution in [0.4, 0.5) is 46.5 Å². The molecule has 2 aliphatic rings. The van der Waals surface area contributed by atoms with E-state index in [4.69, 9.17) is 27.0 Å². The number of hydrogen-bond acceptors (Lipinski definition) is 9. The van der Waals surface area contributed by atoms with E-state index in [2.05, 4.69) is 15.6 Å². The van der Waals surface area contributed by atoms with E-state index in [-0.39, 0.29) is 42.9 Å². The third-order valence-corrected chi connectivity index (χ3v) is 12.2. The Labute approximate surface area is 409 Å². The van der Waals surface area contributed by atoms with Crippen molar-refractivity contribution in [1.29, 1.82) is 5.26 Å². The van der Waals surface area contributed by atoms with Crippen LogP contribution in [0.2, 0.25) is 0 Å². The number of ether oxygens (including phenoxy) is 2. The summed E-state index contributed by atoms with van der Waals surface area (Å²) in [5.74, 6) is -5.75. The van der Waals surface area contributed by atoms with Crippen LogP contribution in [0.25, 0.3) is 11.3 Å². The molecule has 0 saturated carbocycles. The number of carbonyl (C=O) groups is 4. The van der Waals surface area contributed by atoms with Crippen LogP contribution in [0.3, 0.4) is 0 Å². The summed E-state index contributed by atoms with van der Waals surface area (Å²) in [7, 11) is 0. The van der Waals surface area contributed by atoms with Gasteiger partial charge in [0.05, 0.1) is 41.4 Å². The number of amides is 4. The lowest BCUT2D eigenvalue weighted by Crippen LogP contribution is -2.58. The van der Waals surface area contributed by atoms with Gasteiger partial charge < -0.3 is 29.9 Å². The summed E-state index contributed by atoms with van der Waals surface area (Å²) in [5.41, 5.74) is -8.57. The molecule has 4 aromatic rings. The van der Waals surface area contributed by atoms with Gasteiger partial charge in [-0.1, -0.05) is 51.1 Å². The van der Waals surface area contributed by atoms with Gasteiger partial charge in [-0.25, -0.2) is 8.78 Å². The number of unbranched alkanes of at least 4 members (excludes halogenated alkanes) is 1. The van der Waals surface area contributed by atoms with Crippen LogP contribution in [0.1, 0.15) is 82.6 Å². The zero-order chi connectivity index (χ0) is 52.2. The lowest BCUT2D eigenvalue weighted by Gasteiger charge is -2.35. The number of halogens is 8. The molecule has 71 heavy (non-hydrogen) atoms. The van der Waals surface area contributed by atoms with Gasteiger partial charge in [0, 0.05) is 31.3 Å². The molecule has 4 amide bonds. The van der Waals surface area contributed by atoms with E-state index in [1.54, 1.807) is 20.8 Å². The minimum atomic E-state index is -5.33. The molecule has 2 aliphatic heterocycles. The normalized spacial score (nSPS) is 16.5. The van der Waals surface area contributed by atoms with Gasteiger partial charge in [-0.05, 0) is 93.1 Å². The van der Waals surface area contributed by atoms with Gasteiger partial charge in [-0.3, -0.25) is 29.1 Å². The largest absolute Gasteiger partial charge is 0.494 e. The Kier molecular flexibility index (Phi) is 16.1. The molecule has 6 rings (SSSR count). The van der Waals surface area contributed by atoms with Crippen molar-refractivity contribution >= 4 is 52.3 Å². The highest BCUT2D eigenvalue weighted by atomic mass is 32.1. The lowest BCUT2D eigenvalue weighted by molar-refractivity contribution is -0.144. The summed E-state index contributed by atoms with van der Waals surface area (Å²) in [6.45, 7) is 8.13. The van der Waals surface area contributed by atoms with Crippen molar-refractivity contribution < 1.29 is 63.8 Å². The zero-order valence-corrected chi connectivity index (χ0v) is 39.9. The maximum absolute atomic E-state index is 15.9. The smallest absolute Gasteiger partial charge is 0.420 e. The number of aromatic nitrogens is 1. The zero-order valence-electron chi connectivity index (χ0n) is 39.1. The van der Waals surface area contributed by atoms with Crippen LogP contribution in [-0.2, 0) is 42.8 Å². The van der Waals surface area contributed by atoms with Crippen LogP contribution in [-0.4, -0.2) is 82.6 Å². The van der Waals surface area contributed by atoms with Gasteiger partial charge in [-0.2, -0.15) is 31.6 Å². The van der Waals surface area contributed by atoms with E-state index in [0.29, 0.717) is 49.4 Å². The fraction of sp³-hybridized carbons (Fsp3) is 0.408. The number of benzene rings is 3. The summed E-state index contributed by atoms with van der Waals surface area (Å²) >= 11 is 5.37. The first-order valence-electron chi connectivity index (χ1n) is 22.2. The monoisotopic (exact) mass is 1020 g/mol. The predicted octanol–water partition coefficient (Wildman–Crippen LogP) is 8.87. The first-order chi connectivity index (χ1) is 33.3. The van der Waals surface area contributed by atoms with E-state index < -0.39 is 104 Å². The molecule has 1 aromatic heterocycles.